The van der Waals surface area contributed by atoms with Crippen molar-refractivity contribution >= 4 is 11.6 Å². The van der Waals surface area contributed by atoms with Crippen LogP contribution in [-0.2, 0) is 0 Å². The molecule has 1 amide bonds. The third kappa shape index (κ3) is 1.64. The maximum atomic E-state index is 11.7. The number of nitrogens with one attached hydrogen (secondary N) is 1. The summed E-state index contributed by atoms with van der Waals surface area (Å²) >= 11 is 0. The van der Waals surface area contributed by atoms with Crippen LogP contribution < -0.4 is 5.32 Å². The van der Waals surface area contributed by atoms with E-state index in [0.29, 0.717) is 12.1 Å². The summed E-state index contributed by atoms with van der Waals surface area (Å²) in [5, 5.41) is 7.04. The number of aromatic nitrogens is 3. The molecule has 5 heteroatoms. The Balaban J connectivity index is 2.55. The number of rotatable bonds is 2. The molecule has 0 aromatic carbocycles. The number of carbonyl (C=O) groups excluding carboxylic acids is 1. The fourth-order valence-corrected chi connectivity index (χ4v) is 1.64. The van der Waals surface area contributed by atoms with Crippen LogP contribution in [0, 0.1) is 13.8 Å². The molecule has 0 saturated heterocycles. The predicted octanol–water partition coefficient (Wildman–Crippen LogP) is 1.10. The molecule has 0 fully saturated rings. The molecule has 1 N–H and O–H groups in total. The third-order valence-corrected chi connectivity index (χ3v) is 2.43. The summed E-state index contributed by atoms with van der Waals surface area (Å²) in [7, 11) is 0. The quantitative estimate of drug-likeness (QED) is 0.821. The molecule has 0 spiro atoms. The molecule has 2 rings (SSSR count). The SMILES string of the molecule is CCNC(=O)c1cnc2cc(C)nn2c1C. The predicted molar refractivity (Wildman–Crippen MR) is 60.5 cm³/mol. The zero-order valence-corrected chi connectivity index (χ0v) is 9.61. The second kappa shape index (κ2) is 3.92. The Morgan fingerprint density at radius 1 is 1.50 bits per heavy atom. The second-order valence-electron chi connectivity index (χ2n) is 3.67. The second-order valence-corrected chi connectivity index (χ2v) is 3.67. The van der Waals surface area contributed by atoms with Gasteiger partial charge in [-0.15, -0.1) is 0 Å². The smallest absolute Gasteiger partial charge is 0.254 e. The Hall–Kier alpha value is -1.91. The van der Waals surface area contributed by atoms with E-state index >= 15 is 0 Å². The minimum absolute atomic E-state index is 0.109. The largest absolute Gasteiger partial charge is 0.352 e. The molecule has 0 saturated carbocycles. The number of fused-ring (bicyclic) bond motifs is 1. The Morgan fingerprint density at radius 3 is 2.94 bits per heavy atom. The summed E-state index contributed by atoms with van der Waals surface area (Å²) in [5.41, 5.74) is 3.04. The molecule has 0 aliphatic carbocycles. The van der Waals surface area contributed by atoms with Crippen LogP contribution in [0.25, 0.3) is 5.65 Å². The van der Waals surface area contributed by atoms with E-state index in [2.05, 4.69) is 15.4 Å². The van der Waals surface area contributed by atoms with Gasteiger partial charge in [-0.2, -0.15) is 5.10 Å². The lowest BCUT2D eigenvalue weighted by Crippen LogP contribution is -2.24. The van der Waals surface area contributed by atoms with Crippen molar-refractivity contribution in [2.75, 3.05) is 6.54 Å². The molecule has 2 heterocycles. The van der Waals surface area contributed by atoms with Crippen molar-refractivity contribution in [3.8, 4) is 0 Å². The molecule has 0 bridgehead atoms. The number of hydrogen-bond acceptors (Lipinski definition) is 3. The van der Waals surface area contributed by atoms with Crippen LogP contribution in [0.5, 0.6) is 0 Å². The van der Waals surface area contributed by atoms with Crippen LogP contribution >= 0.6 is 0 Å². The fourth-order valence-electron chi connectivity index (χ4n) is 1.64. The monoisotopic (exact) mass is 218 g/mol. The number of hydrogen-bond donors (Lipinski definition) is 1. The summed E-state index contributed by atoms with van der Waals surface area (Å²) < 4.78 is 1.69. The maximum Gasteiger partial charge on any atom is 0.254 e. The first-order valence-corrected chi connectivity index (χ1v) is 5.23. The molecule has 16 heavy (non-hydrogen) atoms. The van der Waals surface area contributed by atoms with Gasteiger partial charge in [0, 0.05) is 18.8 Å². The van der Waals surface area contributed by atoms with Gasteiger partial charge in [0.2, 0.25) is 0 Å². The fraction of sp³-hybridized carbons (Fsp3) is 0.364. The highest BCUT2D eigenvalue weighted by Gasteiger charge is 2.12. The lowest BCUT2D eigenvalue weighted by atomic mass is 10.2. The molecule has 84 valence electrons. The van der Waals surface area contributed by atoms with Crippen molar-refractivity contribution in [2.45, 2.75) is 20.8 Å². The molecule has 5 nitrogen and oxygen atoms in total. The van der Waals surface area contributed by atoms with Crippen LogP contribution in [0.4, 0.5) is 0 Å². The molecule has 0 unspecified atom stereocenters. The van der Waals surface area contributed by atoms with Crippen LogP contribution in [-0.4, -0.2) is 27.0 Å². The van der Waals surface area contributed by atoms with Crippen molar-refractivity contribution < 1.29 is 4.79 Å². The van der Waals surface area contributed by atoms with Crippen LogP contribution in [0.1, 0.15) is 28.7 Å². The normalized spacial score (nSPS) is 10.7. The molecule has 0 atom stereocenters. The topological polar surface area (TPSA) is 59.3 Å². The van der Waals surface area contributed by atoms with E-state index in [4.69, 9.17) is 0 Å². The summed E-state index contributed by atoms with van der Waals surface area (Å²) in [5.74, 6) is -0.109. The van der Waals surface area contributed by atoms with Crippen LogP contribution in [0.3, 0.4) is 0 Å². The van der Waals surface area contributed by atoms with E-state index < -0.39 is 0 Å². The minimum atomic E-state index is -0.109. The van der Waals surface area contributed by atoms with Crippen LogP contribution in [0.15, 0.2) is 12.3 Å². The Morgan fingerprint density at radius 2 is 2.25 bits per heavy atom. The van der Waals surface area contributed by atoms with E-state index in [-0.39, 0.29) is 5.91 Å². The third-order valence-electron chi connectivity index (χ3n) is 2.43. The summed E-state index contributed by atoms with van der Waals surface area (Å²) in [6, 6.07) is 1.88. The standard InChI is InChI=1S/C11H14N4O/c1-4-12-11(16)9-6-13-10-5-7(2)14-15(10)8(9)3/h5-6H,4H2,1-3H3,(H,12,16). The average Bonchev–Trinajstić information content (AvgIpc) is 2.60. The van der Waals surface area contributed by atoms with Gasteiger partial charge in [0.25, 0.3) is 5.91 Å². The lowest BCUT2D eigenvalue weighted by Gasteiger charge is -2.06. The van der Waals surface area contributed by atoms with Crippen molar-refractivity contribution in [3.63, 3.8) is 0 Å². The number of amides is 1. The molecule has 0 aliphatic heterocycles. The first-order valence-electron chi connectivity index (χ1n) is 5.23. The van der Waals surface area contributed by atoms with Crippen LogP contribution in [0.2, 0.25) is 0 Å². The van der Waals surface area contributed by atoms with Crippen molar-refractivity contribution in [1.29, 1.82) is 0 Å². The van der Waals surface area contributed by atoms with Gasteiger partial charge in [0.05, 0.1) is 17.0 Å². The molecule has 2 aromatic rings. The number of nitrogens with zero attached hydrogens (tertiary/aromatic N) is 3. The highest BCUT2D eigenvalue weighted by atomic mass is 16.1. The van der Waals surface area contributed by atoms with E-state index in [1.165, 1.54) is 0 Å². The van der Waals surface area contributed by atoms with E-state index in [0.717, 1.165) is 17.0 Å². The van der Waals surface area contributed by atoms with E-state index in [9.17, 15) is 4.79 Å². The Labute approximate surface area is 93.5 Å². The van der Waals surface area contributed by atoms with Gasteiger partial charge in [0.1, 0.15) is 0 Å². The van der Waals surface area contributed by atoms with Crippen molar-refractivity contribution in [3.05, 3.63) is 29.2 Å². The van der Waals surface area contributed by atoms with E-state index in [1.807, 2.05) is 26.8 Å². The minimum Gasteiger partial charge on any atom is -0.352 e. The number of aryl methyl sites for hydroxylation is 2. The first-order chi connectivity index (χ1) is 7.63. The molecular formula is C11H14N4O. The highest BCUT2D eigenvalue weighted by Crippen LogP contribution is 2.10. The van der Waals surface area contributed by atoms with Gasteiger partial charge in [0.15, 0.2) is 5.65 Å². The van der Waals surface area contributed by atoms with Crippen molar-refractivity contribution in [2.24, 2.45) is 0 Å². The van der Waals surface area contributed by atoms with E-state index in [1.54, 1.807) is 10.7 Å². The number of carbonyl (C=O) groups is 1. The first kappa shape index (κ1) is 10.6. The molecule has 0 aliphatic rings. The summed E-state index contributed by atoms with van der Waals surface area (Å²) in [6.45, 7) is 6.26. The molecular weight excluding hydrogens is 204 g/mol. The zero-order chi connectivity index (χ0) is 11.7. The van der Waals surface area contributed by atoms with Gasteiger partial charge in [-0.25, -0.2) is 9.50 Å². The maximum absolute atomic E-state index is 11.7. The van der Waals surface area contributed by atoms with Gasteiger partial charge < -0.3 is 5.32 Å². The lowest BCUT2D eigenvalue weighted by molar-refractivity contribution is 0.0954. The molecule has 0 radical (unpaired) electrons. The average molecular weight is 218 g/mol. The van der Waals surface area contributed by atoms with Gasteiger partial charge >= 0.3 is 0 Å². The Kier molecular flexibility index (Phi) is 2.60. The summed E-state index contributed by atoms with van der Waals surface area (Å²) in [6.07, 6.45) is 1.59. The van der Waals surface area contributed by atoms with Crippen molar-refractivity contribution in [1.82, 2.24) is 19.9 Å². The van der Waals surface area contributed by atoms with Gasteiger partial charge in [-0.3, -0.25) is 4.79 Å². The summed E-state index contributed by atoms with van der Waals surface area (Å²) in [4.78, 5) is 15.9. The van der Waals surface area contributed by atoms with Gasteiger partial charge in [-0.1, -0.05) is 0 Å². The van der Waals surface area contributed by atoms with Gasteiger partial charge in [-0.05, 0) is 20.8 Å². The zero-order valence-electron chi connectivity index (χ0n) is 9.61. The Bertz CT molecular complexity index is 544. The molecule has 2 aromatic heterocycles. The highest BCUT2D eigenvalue weighted by molar-refractivity contribution is 5.95.